The lowest BCUT2D eigenvalue weighted by Crippen LogP contribution is -2.52. The van der Waals surface area contributed by atoms with Gasteiger partial charge in [0.1, 0.15) is 5.75 Å². The second kappa shape index (κ2) is 8.19. The highest BCUT2D eigenvalue weighted by molar-refractivity contribution is 6.08. The first-order valence-electron chi connectivity index (χ1n) is 11.9. The molecule has 9 heteroatoms. The predicted molar refractivity (Wildman–Crippen MR) is 137 cm³/mol. The minimum Gasteiger partial charge on any atom is -0.497 e. The molecular formula is C28H25N5O4. The fraction of sp³-hybridized carbons (Fsp3) is 0.214. The van der Waals surface area contributed by atoms with Crippen molar-refractivity contribution in [3.8, 4) is 16.9 Å². The second-order valence-electron chi connectivity index (χ2n) is 9.57. The van der Waals surface area contributed by atoms with Gasteiger partial charge >= 0.3 is 6.03 Å². The highest BCUT2D eigenvalue weighted by Crippen LogP contribution is 2.34. The second-order valence-corrected chi connectivity index (χ2v) is 9.57. The summed E-state index contributed by atoms with van der Waals surface area (Å²) in [5.41, 5.74) is 4.77. The summed E-state index contributed by atoms with van der Waals surface area (Å²) in [6.07, 6.45) is 1.84. The van der Waals surface area contributed by atoms with Gasteiger partial charge in [-0.25, -0.2) is 4.79 Å². The first kappa shape index (κ1) is 22.8. The minimum atomic E-state index is -1.40. The Hall–Kier alpha value is -4.66. The van der Waals surface area contributed by atoms with Crippen LogP contribution in [0.5, 0.6) is 5.75 Å². The van der Waals surface area contributed by atoms with Crippen LogP contribution in [-0.4, -0.2) is 46.2 Å². The summed E-state index contributed by atoms with van der Waals surface area (Å²) in [5.74, 6) is -0.107. The smallest absolute Gasteiger partial charge is 0.322 e. The molecule has 186 valence electrons. The molecule has 2 N–H and O–H groups in total. The molecule has 37 heavy (non-hydrogen) atoms. The average Bonchev–Trinajstić information content (AvgIpc) is 3.52. The maximum absolute atomic E-state index is 13.2. The molecule has 0 radical (unpaired) electrons. The summed E-state index contributed by atoms with van der Waals surface area (Å²) in [6, 6.07) is 16.5. The number of hydrogen-bond acceptors (Lipinski definition) is 5. The van der Waals surface area contributed by atoms with E-state index >= 15 is 0 Å². The fourth-order valence-corrected chi connectivity index (χ4v) is 5.45. The molecule has 0 spiro atoms. The molecule has 1 saturated heterocycles. The van der Waals surface area contributed by atoms with E-state index in [2.05, 4.69) is 34.8 Å². The lowest BCUT2D eigenvalue weighted by Gasteiger charge is -2.31. The van der Waals surface area contributed by atoms with E-state index in [4.69, 9.17) is 4.74 Å². The van der Waals surface area contributed by atoms with E-state index < -0.39 is 17.5 Å². The van der Waals surface area contributed by atoms with Crippen molar-refractivity contribution in [2.24, 2.45) is 7.05 Å². The Morgan fingerprint density at radius 3 is 2.51 bits per heavy atom. The van der Waals surface area contributed by atoms with Gasteiger partial charge in [-0.3, -0.25) is 19.6 Å². The van der Waals surface area contributed by atoms with E-state index in [0.29, 0.717) is 23.4 Å². The average molecular weight is 496 g/mol. The van der Waals surface area contributed by atoms with Crippen LogP contribution in [0.4, 0.5) is 4.79 Å². The van der Waals surface area contributed by atoms with Crippen molar-refractivity contribution >= 4 is 28.7 Å². The molecule has 1 aromatic heterocycles. The number of methoxy groups -OCH3 is 1. The van der Waals surface area contributed by atoms with E-state index in [1.54, 1.807) is 24.1 Å². The van der Waals surface area contributed by atoms with Crippen LogP contribution in [0.1, 0.15) is 27.0 Å². The third-order valence-electron chi connectivity index (χ3n) is 7.30. The zero-order valence-corrected chi connectivity index (χ0v) is 20.7. The number of rotatable bonds is 5. The predicted octanol–water partition coefficient (Wildman–Crippen LogP) is 3.25. The maximum Gasteiger partial charge on any atom is 0.322 e. The van der Waals surface area contributed by atoms with Crippen LogP contribution in [0.2, 0.25) is 0 Å². The normalized spacial score (nSPS) is 18.8. The van der Waals surface area contributed by atoms with Crippen LogP contribution in [0, 0.1) is 6.92 Å². The minimum absolute atomic E-state index is 0.000497. The number of nitrogens with one attached hydrogen (secondary N) is 2. The van der Waals surface area contributed by atoms with Crippen molar-refractivity contribution < 1.29 is 19.1 Å². The number of benzene rings is 3. The Labute approximate surface area is 213 Å². The number of aromatic nitrogens is 2. The topological polar surface area (TPSA) is 106 Å². The van der Waals surface area contributed by atoms with Gasteiger partial charge in [-0.05, 0) is 59.0 Å². The van der Waals surface area contributed by atoms with Crippen molar-refractivity contribution in [3.63, 3.8) is 0 Å². The summed E-state index contributed by atoms with van der Waals surface area (Å²) < 4.78 is 7.12. The van der Waals surface area contributed by atoms with Crippen LogP contribution in [0.25, 0.3) is 22.0 Å². The van der Waals surface area contributed by atoms with Gasteiger partial charge < -0.3 is 15.0 Å². The summed E-state index contributed by atoms with van der Waals surface area (Å²) in [7, 11) is 3.47. The van der Waals surface area contributed by atoms with Crippen molar-refractivity contribution in [1.29, 1.82) is 0 Å². The molecule has 1 atom stereocenters. The Morgan fingerprint density at radius 1 is 1.03 bits per heavy atom. The van der Waals surface area contributed by atoms with Crippen LogP contribution < -0.4 is 15.4 Å². The van der Waals surface area contributed by atoms with Crippen molar-refractivity contribution in [3.05, 3.63) is 83.0 Å². The van der Waals surface area contributed by atoms with Gasteiger partial charge in [-0.15, -0.1) is 0 Å². The third kappa shape index (κ3) is 3.54. The Bertz CT molecular complexity index is 1610. The molecule has 0 saturated carbocycles. The molecule has 3 heterocycles. The zero-order valence-electron chi connectivity index (χ0n) is 20.7. The molecule has 2 aliphatic heterocycles. The Morgan fingerprint density at radius 2 is 1.81 bits per heavy atom. The third-order valence-corrected chi connectivity index (χ3v) is 7.30. The zero-order chi connectivity index (χ0) is 25.9. The first-order valence-corrected chi connectivity index (χ1v) is 11.9. The number of imide groups is 1. The summed E-state index contributed by atoms with van der Waals surface area (Å²) >= 11 is 0. The number of fused-ring (bicyclic) bond motifs is 2. The molecule has 0 aliphatic carbocycles. The highest BCUT2D eigenvalue weighted by atomic mass is 16.5. The Kier molecular flexibility index (Phi) is 5.04. The van der Waals surface area contributed by atoms with E-state index in [-0.39, 0.29) is 12.5 Å². The lowest BCUT2D eigenvalue weighted by molar-refractivity contribution is -0.124. The largest absolute Gasteiger partial charge is 0.497 e. The molecule has 9 nitrogen and oxygen atoms in total. The number of aryl methyl sites for hydroxylation is 2. The number of ether oxygens (including phenoxy) is 1. The van der Waals surface area contributed by atoms with Gasteiger partial charge in [0.15, 0.2) is 5.54 Å². The van der Waals surface area contributed by atoms with Crippen LogP contribution in [-0.2, 0) is 23.9 Å². The number of hydrogen-bond donors (Lipinski definition) is 2. The van der Waals surface area contributed by atoms with Gasteiger partial charge in [0.25, 0.3) is 11.8 Å². The van der Waals surface area contributed by atoms with Crippen LogP contribution in [0.15, 0.2) is 60.8 Å². The first-order chi connectivity index (χ1) is 17.8. The summed E-state index contributed by atoms with van der Waals surface area (Å²) in [5, 5.41) is 10.6. The molecule has 0 bridgehead atoms. The fourth-order valence-electron chi connectivity index (χ4n) is 5.45. The van der Waals surface area contributed by atoms with Crippen molar-refractivity contribution in [1.82, 2.24) is 25.3 Å². The van der Waals surface area contributed by atoms with Gasteiger partial charge in [0.2, 0.25) is 0 Å². The van der Waals surface area contributed by atoms with Crippen LogP contribution >= 0.6 is 0 Å². The summed E-state index contributed by atoms with van der Waals surface area (Å²) in [6.45, 7) is 2.39. The molecule has 4 amide bonds. The number of urea groups is 1. The number of carbonyl (C=O) groups excluding carboxylic acids is 3. The van der Waals surface area contributed by atoms with Gasteiger partial charge in [0, 0.05) is 24.5 Å². The van der Waals surface area contributed by atoms with E-state index in [9.17, 15) is 14.4 Å². The summed E-state index contributed by atoms with van der Waals surface area (Å²) in [4.78, 5) is 40.2. The molecule has 6 rings (SSSR count). The molecule has 3 aromatic carbocycles. The molecule has 2 aliphatic rings. The standard InChI is InChI=1S/C28H25N5O4/c1-16-10-19(11-20-13-29-32(2)24(16)20)17-4-7-21(8-5-17)28(26(35)30-27(36)31-28)15-33-14-18-6-9-22(37-3)12-23(18)25(33)34/h4-13H,14-15H2,1-3H3,(H2,30,31,35,36)/t28-/m0/s1. The number of nitrogens with zero attached hydrogens (tertiary/aromatic N) is 3. The molecule has 0 unspecified atom stereocenters. The van der Waals surface area contributed by atoms with Crippen molar-refractivity contribution in [2.45, 2.75) is 19.0 Å². The molecular weight excluding hydrogens is 470 g/mol. The number of carbonyl (C=O) groups is 3. The lowest BCUT2D eigenvalue weighted by atomic mass is 9.87. The maximum atomic E-state index is 13.2. The van der Waals surface area contributed by atoms with E-state index in [1.807, 2.05) is 48.3 Å². The SMILES string of the molecule is COc1ccc2c(c1)C(=O)N(C[C@@]1(c3ccc(-c4cc(C)c5c(cnn5C)c4)cc3)NC(=O)NC1=O)C2. The van der Waals surface area contributed by atoms with Crippen molar-refractivity contribution in [2.75, 3.05) is 13.7 Å². The van der Waals surface area contributed by atoms with Crippen LogP contribution in [0.3, 0.4) is 0 Å². The number of amides is 4. The van der Waals surface area contributed by atoms with E-state index in [1.165, 1.54) is 0 Å². The van der Waals surface area contributed by atoms with Gasteiger partial charge in [-0.1, -0.05) is 30.3 Å². The molecule has 4 aromatic rings. The monoisotopic (exact) mass is 495 g/mol. The van der Waals surface area contributed by atoms with Gasteiger partial charge in [-0.2, -0.15) is 5.10 Å². The molecule has 1 fully saturated rings. The highest BCUT2D eigenvalue weighted by Gasteiger charge is 2.50. The Balaban J connectivity index is 1.34. The van der Waals surface area contributed by atoms with E-state index in [0.717, 1.165) is 33.2 Å². The quantitative estimate of drug-likeness (QED) is 0.414. The van der Waals surface area contributed by atoms with Gasteiger partial charge in [0.05, 0.1) is 25.4 Å².